The molecule has 2 rings (SSSR count). The molecule has 0 saturated carbocycles. The first kappa shape index (κ1) is 21.3. The molecule has 0 aliphatic rings. The van der Waals surface area contributed by atoms with Crippen molar-refractivity contribution < 1.29 is 27.1 Å². The highest BCUT2D eigenvalue weighted by Gasteiger charge is 2.16. The van der Waals surface area contributed by atoms with Crippen molar-refractivity contribution in [3.63, 3.8) is 0 Å². The van der Waals surface area contributed by atoms with Crippen molar-refractivity contribution in [1.29, 1.82) is 0 Å². The third-order valence-electron chi connectivity index (χ3n) is 3.64. The van der Waals surface area contributed by atoms with Crippen molar-refractivity contribution in [3.8, 4) is 0 Å². The first-order chi connectivity index (χ1) is 13.2. The fourth-order valence-electron chi connectivity index (χ4n) is 2.23. The summed E-state index contributed by atoms with van der Waals surface area (Å²) in [4.78, 5) is 23.6. The molecule has 28 heavy (non-hydrogen) atoms. The highest BCUT2D eigenvalue weighted by molar-refractivity contribution is 7.89. The summed E-state index contributed by atoms with van der Waals surface area (Å²) >= 11 is 0. The maximum absolute atomic E-state index is 13.1. The van der Waals surface area contributed by atoms with Gasteiger partial charge < -0.3 is 10.1 Å². The van der Waals surface area contributed by atoms with E-state index in [0.717, 1.165) is 6.08 Å². The van der Waals surface area contributed by atoms with E-state index in [2.05, 4.69) is 10.0 Å². The Hall–Kier alpha value is -3.04. The Kier molecular flexibility index (Phi) is 7.02. The molecule has 0 saturated heterocycles. The van der Waals surface area contributed by atoms with E-state index >= 15 is 0 Å². The number of rotatable bonds is 7. The van der Waals surface area contributed by atoms with Crippen molar-refractivity contribution in [2.45, 2.75) is 11.8 Å². The van der Waals surface area contributed by atoms with Crippen LogP contribution in [0.1, 0.15) is 11.1 Å². The number of halogens is 1. The average molecular weight is 406 g/mol. The monoisotopic (exact) mass is 406 g/mol. The average Bonchev–Trinajstić information content (AvgIpc) is 2.66. The zero-order chi connectivity index (χ0) is 20.7. The lowest BCUT2D eigenvalue weighted by Crippen LogP contribution is -2.22. The van der Waals surface area contributed by atoms with Crippen LogP contribution in [0.5, 0.6) is 0 Å². The molecular weight excluding hydrogens is 387 g/mol. The molecule has 0 spiro atoms. The van der Waals surface area contributed by atoms with Gasteiger partial charge in [0.05, 0.1) is 4.90 Å². The minimum absolute atomic E-state index is 0.0304. The highest BCUT2D eigenvalue weighted by Crippen LogP contribution is 2.19. The maximum atomic E-state index is 13.1. The normalized spacial score (nSPS) is 11.4. The molecule has 0 aliphatic carbocycles. The van der Waals surface area contributed by atoms with Crippen molar-refractivity contribution in [2.75, 3.05) is 19.0 Å². The van der Waals surface area contributed by atoms with E-state index in [1.54, 1.807) is 19.1 Å². The minimum atomic E-state index is -3.67. The number of esters is 1. The van der Waals surface area contributed by atoms with Crippen LogP contribution >= 0.6 is 0 Å². The van der Waals surface area contributed by atoms with Crippen LogP contribution in [-0.2, 0) is 24.3 Å². The molecule has 0 atom stereocenters. The van der Waals surface area contributed by atoms with E-state index < -0.39 is 34.3 Å². The number of benzene rings is 2. The smallest absolute Gasteiger partial charge is 0.331 e. The predicted octanol–water partition coefficient (Wildman–Crippen LogP) is 2.24. The lowest BCUT2D eigenvalue weighted by molar-refractivity contribution is -0.142. The number of ether oxygens (including phenoxy) is 1. The van der Waals surface area contributed by atoms with E-state index in [0.29, 0.717) is 11.1 Å². The second kappa shape index (κ2) is 9.25. The highest BCUT2D eigenvalue weighted by atomic mass is 32.2. The van der Waals surface area contributed by atoms with Gasteiger partial charge in [0.2, 0.25) is 10.0 Å². The van der Waals surface area contributed by atoms with Gasteiger partial charge in [0.25, 0.3) is 5.91 Å². The Morgan fingerprint density at radius 3 is 2.61 bits per heavy atom. The van der Waals surface area contributed by atoms with E-state index in [4.69, 9.17) is 4.74 Å². The van der Waals surface area contributed by atoms with Crippen LogP contribution in [-0.4, -0.2) is 33.9 Å². The molecule has 0 aliphatic heterocycles. The van der Waals surface area contributed by atoms with Crippen LogP contribution in [0.25, 0.3) is 6.08 Å². The Morgan fingerprint density at radius 2 is 1.93 bits per heavy atom. The molecule has 0 aromatic heterocycles. The van der Waals surface area contributed by atoms with Crippen LogP contribution < -0.4 is 10.0 Å². The number of anilines is 1. The molecule has 0 bridgehead atoms. The molecule has 9 heteroatoms. The predicted molar refractivity (Wildman–Crippen MR) is 102 cm³/mol. The van der Waals surface area contributed by atoms with E-state index in [-0.39, 0.29) is 10.6 Å². The number of hydrogen-bond acceptors (Lipinski definition) is 5. The van der Waals surface area contributed by atoms with Gasteiger partial charge in [-0.2, -0.15) is 0 Å². The summed E-state index contributed by atoms with van der Waals surface area (Å²) < 4.78 is 44.0. The molecule has 148 valence electrons. The number of nitrogens with one attached hydrogen (secondary N) is 2. The fraction of sp³-hybridized carbons (Fsp3) is 0.158. The number of aryl methyl sites for hydroxylation is 1. The minimum Gasteiger partial charge on any atom is -0.452 e. The molecule has 2 N–H and O–H groups in total. The van der Waals surface area contributed by atoms with Crippen LogP contribution in [0.15, 0.2) is 53.4 Å². The Bertz CT molecular complexity index is 1020. The van der Waals surface area contributed by atoms with Gasteiger partial charge in [-0.1, -0.05) is 18.2 Å². The quantitative estimate of drug-likeness (QED) is 0.542. The topological polar surface area (TPSA) is 102 Å². The zero-order valence-corrected chi connectivity index (χ0v) is 16.0. The van der Waals surface area contributed by atoms with Crippen molar-refractivity contribution in [3.05, 3.63) is 65.5 Å². The van der Waals surface area contributed by atoms with E-state index in [1.807, 2.05) is 0 Å². The molecule has 2 aromatic carbocycles. The van der Waals surface area contributed by atoms with Crippen molar-refractivity contribution in [1.82, 2.24) is 4.72 Å². The Balaban J connectivity index is 1.94. The molecule has 7 nitrogen and oxygen atoms in total. The van der Waals surface area contributed by atoms with Gasteiger partial charge in [-0.25, -0.2) is 22.3 Å². The van der Waals surface area contributed by atoms with Gasteiger partial charge >= 0.3 is 5.97 Å². The van der Waals surface area contributed by atoms with Crippen molar-refractivity contribution >= 4 is 33.7 Å². The number of sulfonamides is 1. The van der Waals surface area contributed by atoms with Gasteiger partial charge in [-0.15, -0.1) is 0 Å². The van der Waals surface area contributed by atoms with E-state index in [1.165, 1.54) is 43.5 Å². The largest absolute Gasteiger partial charge is 0.452 e. The summed E-state index contributed by atoms with van der Waals surface area (Å²) in [5.41, 5.74) is 1.23. The lowest BCUT2D eigenvalue weighted by Gasteiger charge is -2.10. The molecule has 0 heterocycles. The summed E-state index contributed by atoms with van der Waals surface area (Å²) in [6, 6.07) is 10.0. The number of carbonyl (C=O) groups is 2. The molecule has 0 unspecified atom stereocenters. The van der Waals surface area contributed by atoms with Gasteiger partial charge in [0.1, 0.15) is 5.82 Å². The molecule has 0 radical (unpaired) electrons. The molecular formula is C19H19FN2O5S. The van der Waals surface area contributed by atoms with Gasteiger partial charge in [-0.05, 0) is 55.4 Å². The summed E-state index contributed by atoms with van der Waals surface area (Å²) in [7, 11) is -2.38. The summed E-state index contributed by atoms with van der Waals surface area (Å²) in [6.07, 6.45) is 2.43. The van der Waals surface area contributed by atoms with Gasteiger partial charge in [0.15, 0.2) is 6.61 Å². The SMILES string of the molecule is CNS(=O)(=O)c1cc(NC(=O)COC(=O)/C=C/c2cccc(F)c2)ccc1C. The van der Waals surface area contributed by atoms with Crippen LogP contribution in [0.3, 0.4) is 0 Å². The standard InChI is InChI=1S/C19H19FN2O5S/c1-13-6-8-16(11-17(13)28(25,26)21-2)22-18(23)12-27-19(24)9-7-14-4-3-5-15(20)10-14/h3-11,21H,12H2,1-2H3,(H,22,23)/b9-7+. The summed E-state index contributed by atoms with van der Waals surface area (Å²) in [5.74, 6) is -1.85. The van der Waals surface area contributed by atoms with E-state index in [9.17, 15) is 22.4 Å². The number of amides is 1. The number of carbonyl (C=O) groups excluding carboxylic acids is 2. The summed E-state index contributed by atoms with van der Waals surface area (Å²) in [6.45, 7) is 1.07. The second-order valence-corrected chi connectivity index (χ2v) is 7.59. The van der Waals surface area contributed by atoms with Gasteiger partial charge in [0, 0.05) is 11.8 Å². The van der Waals surface area contributed by atoms with Crippen LogP contribution in [0.4, 0.5) is 10.1 Å². The zero-order valence-electron chi connectivity index (χ0n) is 15.2. The lowest BCUT2D eigenvalue weighted by atomic mass is 10.2. The third-order valence-corrected chi connectivity index (χ3v) is 5.19. The first-order valence-electron chi connectivity index (χ1n) is 8.16. The molecule has 0 fully saturated rings. The van der Waals surface area contributed by atoms with Gasteiger partial charge in [-0.3, -0.25) is 4.79 Å². The molecule has 1 amide bonds. The fourth-order valence-corrected chi connectivity index (χ4v) is 3.23. The van der Waals surface area contributed by atoms with Crippen LogP contribution in [0, 0.1) is 12.7 Å². The summed E-state index contributed by atoms with van der Waals surface area (Å²) in [5, 5.41) is 2.46. The molecule has 2 aromatic rings. The second-order valence-electron chi connectivity index (χ2n) is 5.73. The van der Waals surface area contributed by atoms with Crippen LogP contribution in [0.2, 0.25) is 0 Å². The Morgan fingerprint density at radius 1 is 1.18 bits per heavy atom. The third kappa shape index (κ3) is 6.00. The van der Waals surface area contributed by atoms with Crippen molar-refractivity contribution in [2.24, 2.45) is 0 Å². The number of hydrogen-bond donors (Lipinski definition) is 2. The maximum Gasteiger partial charge on any atom is 0.331 e. The first-order valence-corrected chi connectivity index (χ1v) is 9.64. The Labute approximate surface area is 162 Å².